The maximum Gasteiger partial charge on any atom is 0.0571 e. The van der Waals surface area contributed by atoms with Crippen LogP contribution in [-0.4, -0.2) is 25.1 Å². The third-order valence-electron chi connectivity index (χ3n) is 2.71. The van der Waals surface area contributed by atoms with Gasteiger partial charge in [0.25, 0.3) is 0 Å². The highest BCUT2D eigenvalue weighted by Gasteiger charge is 2.06. The van der Waals surface area contributed by atoms with Crippen molar-refractivity contribution in [1.29, 1.82) is 0 Å². The third kappa shape index (κ3) is 3.71. The van der Waals surface area contributed by atoms with E-state index in [1.165, 1.54) is 0 Å². The molecule has 1 rings (SSSR count). The van der Waals surface area contributed by atoms with Crippen LogP contribution in [0.5, 0.6) is 0 Å². The number of anilines is 1. The van der Waals surface area contributed by atoms with E-state index in [1.54, 1.807) is 0 Å². The van der Waals surface area contributed by atoms with Gasteiger partial charge in [0, 0.05) is 19.1 Å². The fraction of sp³-hybridized carbons (Fsp3) is 0.357. The van der Waals surface area contributed by atoms with Crippen LogP contribution in [0.2, 0.25) is 0 Å². The molecule has 0 fully saturated rings. The molecular weight excluding hydrogens is 210 g/mol. The average Bonchev–Trinajstić information content (AvgIpc) is 2.38. The van der Waals surface area contributed by atoms with E-state index in [4.69, 9.17) is 0 Å². The normalized spacial score (nSPS) is 11.9. The van der Waals surface area contributed by atoms with E-state index >= 15 is 0 Å². The molecule has 1 aromatic heterocycles. The zero-order valence-electron chi connectivity index (χ0n) is 10.7. The molecule has 0 aliphatic rings. The molecule has 0 amide bonds. The number of pyridine rings is 1. The van der Waals surface area contributed by atoms with Gasteiger partial charge in [-0.2, -0.15) is 0 Å². The highest BCUT2D eigenvalue weighted by atomic mass is 15.1. The van der Waals surface area contributed by atoms with Gasteiger partial charge in [-0.15, -0.1) is 13.2 Å². The van der Waals surface area contributed by atoms with Crippen molar-refractivity contribution in [2.24, 2.45) is 0 Å². The van der Waals surface area contributed by atoms with Crippen molar-refractivity contribution < 1.29 is 0 Å². The van der Waals surface area contributed by atoms with Crippen molar-refractivity contribution in [3.63, 3.8) is 0 Å². The molecule has 1 aromatic rings. The van der Waals surface area contributed by atoms with Gasteiger partial charge < -0.3 is 10.2 Å². The summed E-state index contributed by atoms with van der Waals surface area (Å²) in [5.74, 6) is 0. The van der Waals surface area contributed by atoms with E-state index in [2.05, 4.69) is 47.4 Å². The van der Waals surface area contributed by atoms with E-state index in [0.717, 1.165) is 24.5 Å². The molecule has 0 bridgehead atoms. The molecule has 3 heteroatoms. The summed E-state index contributed by atoms with van der Waals surface area (Å²) in [5.41, 5.74) is 2.14. The Bertz CT molecular complexity index is 346. The average molecular weight is 231 g/mol. The molecule has 0 aliphatic carbocycles. The highest BCUT2D eigenvalue weighted by Crippen LogP contribution is 2.16. The molecule has 92 valence electrons. The number of hydrogen-bond acceptors (Lipinski definition) is 3. The Morgan fingerprint density at radius 3 is 2.41 bits per heavy atom. The minimum absolute atomic E-state index is 0.274. The van der Waals surface area contributed by atoms with E-state index in [0.29, 0.717) is 0 Å². The summed E-state index contributed by atoms with van der Waals surface area (Å²) < 4.78 is 0. The summed E-state index contributed by atoms with van der Waals surface area (Å²) >= 11 is 0. The molecule has 1 heterocycles. The molecule has 0 aromatic carbocycles. The lowest BCUT2D eigenvalue weighted by Gasteiger charge is -2.21. The predicted octanol–water partition coefficient (Wildman–Crippen LogP) is 2.54. The van der Waals surface area contributed by atoms with Crippen molar-refractivity contribution in [2.75, 3.05) is 25.0 Å². The van der Waals surface area contributed by atoms with Crippen LogP contribution in [0.25, 0.3) is 0 Å². The fourth-order valence-corrected chi connectivity index (χ4v) is 1.59. The Morgan fingerprint density at radius 2 is 2.00 bits per heavy atom. The van der Waals surface area contributed by atoms with E-state index in [1.807, 2.05) is 25.4 Å². The van der Waals surface area contributed by atoms with Crippen LogP contribution in [0.15, 0.2) is 43.6 Å². The summed E-state index contributed by atoms with van der Waals surface area (Å²) in [4.78, 5) is 6.63. The highest BCUT2D eigenvalue weighted by molar-refractivity contribution is 5.46. The zero-order chi connectivity index (χ0) is 12.7. The Hall–Kier alpha value is -1.61. The number of hydrogen-bond donors (Lipinski definition) is 1. The SMILES string of the molecule is C=CCN(CC=C)c1ccc(C(C)NC)nc1. The summed E-state index contributed by atoms with van der Waals surface area (Å²) in [6, 6.07) is 4.41. The Labute approximate surface area is 104 Å². The topological polar surface area (TPSA) is 28.2 Å². The third-order valence-corrected chi connectivity index (χ3v) is 2.71. The predicted molar refractivity (Wildman–Crippen MR) is 74.3 cm³/mol. The van der Waals surface area contributed by atoms with Crippen molar-refractivity contribution in [3.05, 3.63) is 49.3 Å². The first-order chi connectivity index (χ1) is 8.22. The summed E-state index contributed by atoms with van der Waals surface area (Å²) in [6.45, 7) is 11.2. The van der Waals surface area contributed by atoms with Crippen LogP contribution < -0.4 is 10.2 Å². The van der Waals surface area contributed by atoms with E-state index in [-0.39, 0.29) is 6.04 Å². The lowest BCUT2D eigenvalue weighted by molar-refractivity contribution is 0.633. The second kappa shape index (κ2) is 6.86. The maximum absolute atomic E-state index is 4.46. The maximum atomic E-state index is 4.46. The minimum atomic E-state index is 0.274. The molecule has 0 spiro atoms. The van der Waals surface area contributed by atoms with Gasteiger partial charge >= 0.3 is 0 Å². The monoisotopic (exact) mass is 231 g/mol. The van der Waals surface area contributed by atoms with Crippen LogP contribution in [0, 0.1) is 0 Å². The van der Waals surface area contributed by atoms with Gasteiger partial charge in [-0.05, 0) is 26.1 Å². The van der Waals surface area contributed by atoms with Crippen LogP contribution in [0.4, 0.5) is 5.69 Å². The lowest BCUT2D eigenvalue weighted by atomic mass is 10.2. The molecule has 17 heavy (non-hydrogen) atoms. The van der Waals surface area contributed by atoms with Gasteiger partial charge in [-0.1, -0.05) is 12.2 Å². The molecule has 0 saturated carbocycles. The smallest absolute Gasteiger partial charge is 0.0571 e. The molecule has 0 radical (unpaired) electrons. The van der Waals surface area contributed by atoms with Crippen molar-refractivity contribution in [3.8, 4) is 0 Å². The van der Waals surface area contributed by atoms with Crippen LogP contribution >= 0.6 is 0 Å². The zero-order valence-corrected chi connectivity index (χ0v) is 10.7. The first-order valence-electron chi connectivity index (χ1n) is 5.82. The number of nitrogens with one attached hydrogen (secondary N) is 1. The van der Waals surface area contributed by atoms with Crippen molar-refractivity contribution >= 4 is 5.69 Å². The number of aromatic nitrogens is 1. The van der Waals surface area contributed by atoms with Gasteiger partial charge in [0.2, 0.25) is 0 Å². The summed E-state index contributed by atoms with van der Waals surface area (Å²) in [7, 11) is 1.93. The Kier molecular flexibility index (Phi) is 5.43. The van der Waals surface area contributed by atoms with E-state index < -0.39 is 0 Å². The van der Waals surface area contributed by atoms with Crippen LogP contribution in [-0.2, 0) is 0 Å². The van der Waals surface area contributed by atoms with Gasteiger partial charge in [0.05, 0.1) is 17.6 Å². The van der Waals surface area contributed by atoms with Crippen molar-refractivity contribution in [2.45, 2.75) is 13.0 Å². The fourth-order valence-electron chi connectivity index (χ4n) is 1.59. The van der Waals surface area contributed by atoms with E-state index in [9.17, 15) is 0 Å². The van der Waals surface area contributed by atoms with Gasteiger partial charge in [-0.3, -0.25) is 4.98 Å². The van der Waals surface area contributed by atoms with Crippen molar-refractivity contribution in [1.82, 2.24) is 10.3 Å². The minimum Gasteiger partial charge on any atom is -0.363 e. The molecule has 1 N–H and O–H groups in total. The first-order valence-corrected chi connectivity index (χ1v) is 5.82. The summed E-state index contributed by atoms with van der Waals surface area (Å²) in [5, 5.41) is 3.17. The molecule has 0 saturated heterocycles. The summed E-state index contributed by atoms with van der Waals surface area (Å²) in [6.07, 6.45) is 5.66. The number of rotatable bonds is 7. The molecular formula is C14H21N3. The Morgan fingerprint density at radius 1 is 1.35 bits per heavy atom. The molecule has 3 nitrogen and oxygen atoms in total. The van der Waals surface area contributed by atoms with Gasteiger partial charge in [0.15, 0.2) is 0 Å². The lowest BCUT2D eigenvalue weighted by Crippen LogP contribution is -2.23. The van der Waals surface area contributed by atoms with Gasteiger partial charge in [-0.25, -0.2) is 0 Å². The molecule has 0 aliphatic heterocycles. The largest absolute Gasteiger partial charge is 0.363 e. The quantitative estimate of drug-likeness (QED) is 0.731. The standard InChI is InChI=1S/C14H21N3/c1-5-9-17(10-6-2)13-7-8-14(16-11-13)12(3)15-4/h5-8,11-12,15H,1-2,9-10H2,3-4H3. The van der Waals surface area contributed by atoms with Crippen LogP contribution in [0.3, 0.4) is 0 Å². The van der Waals surface area contributed by atoms with Crippen LogP contribution in [0.1, 0.15) is 18.7 Å². The van der Waals surface area contributed by atoms with Gasteiger partial charge in [0.1, 0.15) is 0 Å². The molecule has 1 unspecified atom stereocenters. The first kappa shape index (κ1) is 13.5. The molecule has 1 atom stereocenters. The number of nitrogens with zero attached hydrogens (tertiary/aromatic N) is 2. The Balaban J connectivity index is 2.83. The second-order valence-electron chi connectivity index (χ2n) is 3.93. The second-order valence-corrected chi connectivity index (χ2v) is 3.93.